The van der Waals surface area contributed by atoms with Crippen LogP contribution in [0.1, 0.15) is 42.1 Å². The first-order valence-electron chi connectivity index (χ1n) is 6.06. The van der Waals surface area contributed by atoms with Gasteiger partial charge in [-0.3, -0.25) is 9.59 Å². The second kappa shape index (κ2) is 6.33. The maximum absolute atomic E-state index is 11.9. The molecule has 0 spiro atoms. The molecule has 1 atom stereocenters. The first kappa shape index (κ1) is 15.2. The monoisotopic (exact) mass is 265 g/mol. The Kier molecular flexibility index (Phi) is 5.06. The molecule has 0 amide bonds. The smallest absolute Gasteiger partial charge is 0.320 e. The van der Waals surface area contributed by atoms with Crippen LogP contribution in [0.4, 0.5) is 0 Å². The lowest BCUT2D eigenvalue weighted by atomic mass is 9.96. The molecular weight excluding hydrogens is 246 g/mol. The van der Waals surface area contributed by atoms with Crippen molar-refractivity contribution < 1.29 is 19.4 Å². The summed E-state index contributed by atoms with van der Waals surface area (Å²) < 4.78 is 5.23. The van der Waals surface area contributed by atoms with Crippen molar-refractivity contribution in [3.05, 3.63) is 29.3 Å². The molecule has 1 unspecified atom stereocenters. The van der Waals surface area contributed by atoms with Gasteiger partial charge in [0.1, 0.15) is 11.8 Å². The lowest BCUT2D eigenvalue weighted by Gasteiger charge is -2.13. The zero-order valence-corrected chi connectivity index (χ0v) is 11.3. The summed E-state index contributed by atoms with van der Waals surface area (Å²) in [6.45, 7) is 3.99. The predicted molar refractivity (Wildman–Crippen MR) is 71.6 cm³/mol. The number of carbonyl (C=O) groups excluding carboxylic acids is 1. The molecule has 0 aliphatic heterocycles. The normalized spacial score (nSPS) is 12.3. The first-order valence-corrected chi connectivity index (χ1v) is 6.06. The van der Waals surface area contributed by atoms with Gasteiger partial charge in [-0.1, -0.05) is 13.8 Å². The second-order valence-electron chi connectivity index (χ2n) is 4.68. The van der Waals surface area contributed by atoms with Gasteiger partial charge in [0, 0.05) is 12.0 Å². The zero-order valence-electron chi connectivity index (χ0n) is 11.3. The molecule has 0 bridgehead atoms. The molecule has 0 aliphatic carbocycles. The SMILES string of the molecule is COc1ccc(C(=O)CC(N)C(=O)O)cc1C(C)C. The van der Waals surface area contributed by atoms with Gasteiger partial charge < -0.3 is 15.6 Å². The molecule has 0 radical (unpaired) electrons. The maximum atomic E-state index is 11.9. The Labute approximate surface area is 112 Å². The van der Waals surface area contributed by atoms with Gasteiger partial charge >= 0.3 is 5.97 Å². The standard InChI is InChI=1S/C14H19NO4/c1-8(2)10-6-9(4-5-13(10)19-3)12(16)7-11(15)14(17)18/h4-6,8,11H,7,15H2,1-3H3,(H,17,18). The first-order chi connectivity index (χ1) is 8.86. The van der Waals surface area contributed by atoms with E-state index >= 15 is 0 Å². The van der Waals surface area contributed by atoms with Crippen molar-refractivity contribution in [2.75, 3.05) is 7.11 Å². The fraction of sp³-hybridized carbons (Fsp3) is 0.429. The van der Waals surface area contributed by atoms with Crippen LogP contribution in [-0.2, 0) is 4.79 Å². The molecule has 0 saturated carbocycles. The van der Waals surface area contributed by atoms with Crippen molar-refractivity contribution in [2.45, 2.75) is 32.2 Å². The number of carboxylic acids is 1. The van der Waals surface area contributed by atoms with Gasteiger partial charge in [-0.05, 0) is 29.7 Å². The van der Waals surface area contributed by atoms with Gasteiger partial charge in [-0.2, -0.15) is 0 Å². The third-order valence-corrected chi connectivity index (χ3v) is 2.90. The highest BCUT2D eigenvalue weighted by atomic mass is 16.5. The number of hydrogen-bond donors (Lipinski definition) is 2. The number of carboxylic acid groups (broad SMARTS) is 1. The Bertz CT molecular complexity index is 482. The molecular formula is C14H19NO4. The van der Waals surface area contributed by atoms with E-state index in [0.29, 0.717) is 11.3 Å². The van der Waals surface area contributed by atoms with E-state index in [2.05, 4.69) is 0 Å². The Morgan fingerprint density at radius 3 is 2.47 bits per heavy atom. The van der Waals surface area contributed by atoms with Crippen LogP contribution in [-0.4, -0.2) is 30.0 Å². The van der Waals surface area contributed by atoms with Gasteiger partial charge in [0.05, 0.1) is 7.11 Å². The highest BCUT2D eigenvalue weighted by molar-refractivity contribution is 5.99. The minimum absolute atomic E-state index is 0.204. The number of methoxy groups -OCH3 is 1. The molecule has 1 aromatic rings. The van der Waals surface area contributed by atoms with Crippen LogP contribution in [0, 0.1) is 0 Å². The van der Waals surface area contributed by atoms with Crippen LogP contribution in [0.2, 0.25) is 0 Å². The lowest BCUT2D eigenvalue weighted by molar-refractivity contribution is -0.138. The van der Waals surface area contributed by atoms with Gasteiger partial charge in [-0.25, -0.2) is 0 Å². The van der Waals surface area contributed by atoms with Crippen molar-refractivity contribution >= 4 is 11.8 Å². The van der Waals surface area contributed by atoms with Crippen LogP contribution >= 0.6 is 0 Å². The summed E-state index contributed by atoms with van der Waals surface area (Å²) in [4.78, 5) is 22.6. The Balaban J connectivity index is 2.99. The van der Waals surface area contributed by atoms with E-state index in [-0.39, 0.29) is 18.1 Å². The maximum Gasteiger partial charge on any atom is 0.320 e. The molecule has 3 N–H and O–H groups in total. The molecule has 104 valence electrons. The van der Waals surface area contributed by atoms with E-state index in [0.717, 1.165) is 5.56 Å². The van der Waals surface area contributed by atoms with Gasteiger partial charge in [0.15, 0.2) is 5.78 Å². The Hall–Kier alpha value is -1.88. The average molecular weight is 265 g/mol. The summed E-state index contributed by atoms with van der Waals surface area (Å²) >= 11 is 0. The molecule has 1 rings (SSSR count). The molecule has 5 nitrogen and oxygen atoms in total. The van der Waals surface area contributed by atoms with Gasteiger partial charge in [0.2, 0.25) is 0 Å². The molecule has 19 heavy (non-hydrogen) atoms. The van der Waals surface area contributed by atoms with Crippen LogP contribution in [0.25, 0.3) is 0 Å². The highest BCUT2D eigenvalue weighted by Gasteiger charge is 2.19. The molecule has 0 fully saturated rings. The average Bonchev–Trinajstić information content (AvgIpc) is 2.37. The number of carbonyl (C=O) groups is 2. The Morgan fingerprint density at radius 2 is 2.00 bits per heavy atom. The summed E-state index contributed by atoms with van der Waals surface area (Å²) in [6, 6.07) is 3.91. The van der Waals surface area contributed by atoms with Crippen LogP contribution in [0.5, 0.6) is 5.75 Å². The molecule has 0 aliphatic rings. The van der Waals surface area contributed by atoms with Crippen molar-refractivity contribution in [3.63, 3.8) is 0 Å². The fourth-order valence-electron chi connectivity index (χ4n) is 1.76. The number of aliphatic carboxylic acids is 1. The lowest BCUT2D eigenvalue weighted by Crippen LogP contribution is -2.32. The minimum atomic E-state index is -1.18. The van der Waals surface area contributed by atoms with E-state index < -0.39 is 12.0 Å². The number of ketones is 1. The largest absolute Gasteiger partial charge is 0.496 e. The third kappa shape index (κ3) is 3.79. The quantitative estimate of drug-likeness (QED) is 0.765. The molecule has 1 aromatic carbocycles. The summed E-state index contributed by atoms with van der Waals surface area (Å²) in [5.74, 6) is -0.532. The fourth-order valence-corrected chi connectivity index (χ4v) is 1.76. The van der Waals surface area contributed by atoms with Gasteiger partial charge in [-0.15, -0.1) is 0 Å². The minimum Gasteiger partial charge on any atom is -0.496 e. The van der Waals surface area contributed by atoms with E-state index in [1.54, 1.807) is 25.3 Å². The van der Waals surface area contributed by atoms with Crippen LogP contribution in [0.15, 0.2) is 18.2 Å². The number of Topliss-reactive ketones (excluding diaryl/α,β-unsaturated/α-hetero) is 1. The highest BCUT2D eigenvalue weighted by Crippen LogP contribution is 2.27. The topological polar surface area (TPSA) is 89.6 Å². The van der Waals surface area contributed by atoms with E-state index in [9.17, 15) is 9.59 Å². The van der Waals surface area contributed by atoms with E-state index in [4.69, 9.17) is 15.6 Å². The van der Waals surface area contributed by atoms with Crippen molar-refractivity contribution in [1.82, 2.24) is 0 Å². The summed E-state index contributed by atoms with van der Waals surface area (Å²) in [7, 11) is 1.57. The number of nitrogens with two attached hydrogens (primary N) is 1. The summed E-state index contributed by atoms with van der Waals surface area (Å²) in [6.07, 6.45) is -0.209. The molecule has 5 heteroatoms. The summed E-state index contributed by atoms with van der Waals surface area (Å²) in [5.41, 5.74) is 6.74. The van der Waals surface area contributed by atoms with Crippen LogP contribution < -0.4 is 10.5 Å². The number of rotatable bonds is 6. The van der Waals surface area contributed by atoms with Gasteiger partial charge in [0.25, 0.3) is 0 Å². The van der Waals surface area contributed by atoms with E-state index in [1.807, 2.05) is 13.8 Å². The molecule has 0 saturated heterocycles. The van der Waals surface area contributed by atoms with Crippen molar-refractivity contribution in [3.8, 4) is 5.75 Å². The van der Waals surface area contributed by atoms with Crippen molar-refractivity contribution in [1.29, 1.82) is 0 Å². The zero-order chi connectivity index (χ0) is 14.6. The van der Waals surface area contributed by atoms with Crippen LogP contribution in [0.3, 0.4) is 0 Å². The van der Waals surface area contributed by atoms with E-state index in [1.165, 1.54) is 0 Å². The Morgan fingerprint density at radius 1 is 1.37 bits per heavy atom. The van der Waals surface area contributed by atoms with Crippen molar-refractivity contribution in [2.24, 2.45) is 5.73 Å². The predicted octanol–water partition coefficient (Wildman–Crippen LogP) is 1.80. The third-order valence-electron chi connectivity index (χ3n) is 2.90. The number of benzene rings is 1. The second-order valence-corrected chi connectivity index (χ2v) is 4.68. The number of ether oxygens (including phenoxy) is 1. The molecule has 0 heterocycles. The number of hydrogen-bond acceptors (Lipinski definition) is 4. The molecule has 0 aromatic heterocycles. The summed E-state index contributed by atoms with van der Waals surface area (Å²) in [5, 5.41) is 8.71.